The Hall–Kier alpha value is -1.32. The van der Waals surface area contributed by atoms with Gasteiger partial charge in [0.05, 0.1) is 6.42 Å². The lowest BCUT2D eigenvalue weighted by molar-refractivity contribution is 0.553. The van der Waals surface area contributed by atoms with Crippen molar-refractivity contribution in [1.29, 1.82) is 0 Å². The van der Waals surface area contributed by atoms with Crippen molar-refractivity contribution in [3.8, 4) is 0 Å². The molecule has 1 aromatic rings. The van der Waals surface area contributed by atoms with Crippen molar-refractivity contribution in [2.75, 3.05) is 0 Å². The van der Waals surface area contributed by atoms with Gasteiger partial charge in [-0.25, -0.2) is 15.0 Å². The van der Waals surface area contributed by atoms with E-state index in [4.69, 9.17) is 0 Å². The SMILES string of the molecule is O=[C]Cc1ncncn1. The van der Waals surface area contributed by atoms with E-state index in [1.54, 1.807) is 6.29 Å². The predicted octanol–water partition coefficient (Wildman–Crippen LogP) is -0.476. The highest BCUT2D eigenvalue weighted by Gasteiger charge is 1.90. The minimum atomic E-state index is 0.141. The first kappa shape index (κ1) is 5.81. The van der Waals surface area contributed by atoms with Gasteiger partial charge in [0.25, 0.3) is 0 Å². The summed E-state index contributed by atoms with van der Waals surface area (Å²) in [6, 6.07) is 0. The summed E-state index contributed by atoms with van der Waals surface area (Å²) in [6.07, 6.45) is 4.52. The van der Waals surface area contributed by atoms with Crippen molar-refractivity contribution in [3.05, 3.63) is 18.5 Å². The summed E-state index contributed by atoms with van der Waals surface area (Å²) in [5.41, 5.74) is 0. The van der Waals surface area contributed by atoms with Crippen LogP contribution in [0, 0.1) is 0 Å². The second-order valence-corrected chi connectivity index (χ2v) is 1.38. The number of hydrogen-bond donors (Lipinski definition) is 0. The van der Waals surface area contributed by atoms with Crippen LogP contribution < -0.4 is 0 Å². The van der Waals surface area contributed by atoms with Crippen molar-refractivity contribution in [1.82, 2.24) is 15.0 Å². The van der Waals surface area contributed by atoms with Crippen molar-refractivity contribution in [2.24, 2.45) is 0 Å². The van der Waals surface area contributed by atoms with Crippen LogP contribution in [0.3, 0.4) is 0 Å². The van der Waals surface area contributed by atoms with Crippen LogP contribution in [-0.2, 0) is 11.2 Å². The van der Waals surface area contributed by atoms with Gasteiger partial charge in [-0.05, 0) is 0 Å². The lowest BCUT2D eigenvalue weighted by Crippen LogP contribution is -1.94. The molecule has 4 nitrogen and oxygen atoms in total. The van der Waals surface area contributed by atoms with Crippen LogP contribution in [0.15, 0.2) is 12.7 Å². The lowest BCUT2D eigenvalue weighted by Gasteiger charge is -1.86. The third-order valence-electron chi connectivity index (χ3n) is 0.777. The zero-order valence-corrected chi connectivity index (χ0v) is 4.61. The molecule has 0 spiro atoms. The third kappa shape index (κ3) is 1.56. The average Bonchev–Trinajstić information content (AvgIpc) is 1.91. The molecule has 0 fully saturated rings. The average molecular weight is 122 g/mol. The van der Waals surface area contributed by atoms with Crippen LogP contribution in [-0.4, -0.2) is 21.2 Å². The van der Waals surface area contributed by atoms with Gasteiger partial charge in [0.2, 0.25) is 6.29 Å². The fourth-order valence-corrected chi connectivity index (χ4v) is 0.419. The molecule has 1 radical (unpaired) electrons. The van der Waals surface area contributed by atoms with Gasteiger partial charge in [0.1, 0.15) is 18.5 Å². The molecule has 1 aromatic heterocycles. The predicted molar refractivity (Wildman–Crippen MR) is 29.2 cm³/mol. The molecule has 0 aliphatic heterocycles. The molecule has 0 aliphatic rings. The van der Waals surface area contributed by atoms with Gasteiger partial charge >= 0.3 is 0 Å². The Morgan fingerprint density at radius 3 is 2.67 bits per heavy atom. The van der Waals surface area contributed by atoms with Gasteiger partial charge in [-0.3, -0.25) is 4.79 Å². The summed E-state index contributed by atoms with van der Waals surface area (Å²) in [6.45, 7) is 0. The molecule has 0 bridgehead atoms. The van der Waals surface area contributed by atoms with E-state index in [1.165, 1.54) is 12.7 Å². The molecule has 1 heterocycles. The van der Waals surface area contributed by atoms with Crippen LogP contribution >= 0.6 is 0 Å². The van der Waals surface area contributed by atoms with E-state index >= 15 is 0 Å². The Bertz CT molecular complexity index is 187. The van der Waals surface area contributed by atoms with Crippen molar-refractivity contribution in [2.45, 2.75) is 6.42 Å². The number of hydrogen-bond acceptors (Lipinski definition) is 4. The first-order valence-corrected chi connectivity index (χ1v) is 2.39. The van der Waals surface area contributed by atoms with E-state index in [2.05, 4.69) is 15.0 Å². The van der Waals surface area contributed by atoms with Gasteiger partial charge < -0.3 is 0 Å². The summed E-state index contributed by atoms with van der Waals surface area (Å²) in [5, 5.41) is 0. The van der Waals surface area contributed by atoms with Crippen molar-refractivity contribution < 1.29 is 4.79 Å². The normalized spacial score (nSPS) is 8.89. The molecule has 0 unspecified atom stereocenters. The quantitative estimate of drug-likeness (QED) is 0.531. The van der Waals surface area contributed by atoms with Gasteiger partial charge in [0.15, 0.2) is 0 Å². The molecule has 9 heavy (non-hydrogen) atoms. The van der Waals surface area contributed by atoms with Crippen LogP contribution in [0.25, 0.3) is 0 Å². The standard InChI is InChI=1S/C5H4N3O/c9-2-1-5-7-3-6-4-8-5/h3-4H,1H2. The van der Waals surface area contributed by atoms with E-state index in [9.17, 15) is 4.79 Å². The van der Waals surface area contributed by atoms with E-state index in [1.807, 2.05) is 0 Å². The molecule has 0 N–H and O–H groups in total. The van der Waals surface area contributed by atoms with Crippen LogP contribution in [0.4, 0.5) is 0 Å². The molecule has 0 amide bonds. The van der Waals surface area contributed by atoms with Crippen LogP contribution in [0.2, 0.25) is 0 Å². The molecule has 45 valence electrons. The van der Waals surface area contributed by atoms with Gasteiger partial charge in [-0.15, -0.1) is 0 Å². The fourth-order valence-electron chi connectivity index (χ4n) is 0.419. The zero-order chi connectivity index (χ0) is 6.53. The molecule has 0 aliphatic carbocycles. The molecule has 4 heteroatoms. The lowest BCUT2D eigenvalue weighted by atomic mass is 10.4. The summed E-state index contributed by atoms with van der Waals surface area (Å²) < 4.78 is 0. The molecular formula is C5H4N3O. The number of carbonyl (C=O) groups excluding carboxylic acids is 1. The largest absolute Gasteiger partial charge is 0.290 e. The second-order valence-electron chi connectivity index (χ2n) is 1.38. The summed E-state index contributed by atoms with van der Waals surface area (Å²) in [5.74, 6) is 0.458. The van der Waals surface area contributed by atoms with Crippen molar-refractivity contribution >= 4 is 6.29 Å². The summed E-state index contributed by atoms with van der Waals surface area (Å²) in [7, 11) is 0. The molecular weight excluding hydrogens is 118 g/mol. The monoisotopic (exact) mass is 122 g/mol. The smallest absolute Gasteiger partial charge is 0.206 e. The maximum atomic E-state index is 9.75. The number of nitrogens with zero attached hydrogens (tertiary/aromatic N) is 3. The molecule has 0 aromatic carbocycles. The highest BCUT2D eigenvalue weighted by atomic mass is 16.1. The van der Waals surface area contributed by atoms with Gasteiger partial charge in [0, 0.05) is 0 Å². The van der Waals surface area contributed by atoms with Crippen molar-refractivity contribution in [3.63, 3.8) is 0 Å². The maximum Gasteiger partial charge on any atom is 0.206 e. The first-order valence-electron chi connectivity index (χ1n) is 2.39. The molecule has 1 rings (SSSR count). The van der Waals surface area contributed by atoms with Gasteiger partial charge in [-0.1, -0.05) is 0 Å². The Morgan fingerprint density at radius 2 is 2.11 bits per heavy atom. The molecule has 0 atom stereocenters. The molecule has 0 saturated carbocycles. The maximum absolute atomic E-state index is 9.75. The zero-order valence-electron chi connectivity index (χ0n) is 4.61. The van der Waals surface area contributed by atoms with E-state index in [0.29, 0.717) is 5.82 Å². The van der Waals surface area contributed by atoms with E-state index in [0.717, 1.165) is 0 Å². The Kier molecular flexibility index (Phi) is 1.85. The van der Waals surface area contributed by atoms with Crippen LogP contribution in [0.1, 0.15) is 5.82 Å². The molecule has 0 saturated heterocycles. The second kappa shape index (κ2) is 2.86. The van der Waals surface area contributed by atoms with E-state index in [-0.39, 0.29) is 6.42 Å². The Balaban J connectivity index is 2.72. The minimum Gasteiger partial charge on any atom is -0.290 e. The fraction of sp³-hybridized carbons (Fsp3) is 0.200. The topological polar surface area (TPSA) is 55.7 Å². The van der Waals surface area contributed by atoms with Gasteiger partial charge in [-0.2, -0.15) is 0 Å². The Labute approximate surface area is 52.0 Å². The Morgan fingerprint density at radius 1 is 1.44 bits per heavy atom. The minimum absolute atomic E-state index is 0.141. The summed E-state index contributed by atoms with van der Waals surface area (Å²) >= 11 is 0. The number of aromatic nitrogens is 3. The summed E-state index contributed by atoms with van der Waals surface area (Å²) in [4.78, 5) is 20.7. The first-order chi connectivity index (χ1) is 4.43. The highest BCUT2D eigenvalue weighted by Crippen LogP contribution is 1.81. The number of rotatable bonds is 2. The van der Waals surface area contributed by atoms with Crippen LogP contribution in [0.5, 0.6) is 0 Å². The van der Waals surface area contributed by atoms with E-state index < -0.39 is 0 Å². The third-order valence-corrected chi connectivity index (χ3v) is 0.777. The highest BCUT2D eigenvalue weighted by molar-refractivity contribution is 5.53.